The summed E-state index contributed by atoms with van der Waals surface area (Å²) in [6.07, 6.45) is -1.37. The summed E-state index contributed by atoms with van der Waals surface area (Å²) in [5.74, 6) is 0.418. The summed E-state index contributed by atoms with van der Waals surface area (Å²) in [6.45, 7) is 12.0. The number of alkyl halides is 3. The molecule has 1 aromatic heterocycles. The summed E-state index contributed by atoms with van der Waals surface area (Å²) in [4.78, 5) is 16.8. The lowest BCUT2D eigenvalue weighted by Crippen LogP contribution is -2.52. The number of pyridine rings is 1. The number of aromatic nitrogens is 1. The second-order valence-electron chi connectivity index (χ2n) is 11.8. The van der Waals surface area contributed by atoms with Crippen LogP contribution < -0.4 is 15.4 Å². The van der Waals surface area contributed by atoms with Crippen molar-refractivity contribution in [3.8, 4) is 16.9 Å². The van der Waals surface area contributed by atoms with Gasteiger partial charge in [-0.05, 0) is 88.3 Å². The largest absolute Gasteiger partial charge is 0.491 e. The Morgan fingerprint density at radius 1 is 1.13 bits per heavy atom. The van der Waals surface area contributed by atoms with Crippen LogP contribution in [0.25, 0.3) is 11.1 Å². The second kappa shape index (κ2) is 12.4. The van der Waals surface area contributed by atoms with Crippen LogP contribution in [0.2, 0.25) is 0 Å². The molecule has 1 fully saturated rings. The highest BCUT2D eigenvalue weighted by Crippen LogP contribution is 2.39. The first kappa shape index (κ1) is 30.5. The number of carbonyl (C=O) groups excluding carboxylic acids is 1. The molecule has 2 heterocycles. The predicted molar refractivity (Wildman–Crippen MR) is 145 cm³/mol. The number of amides is 1. The number of anilines is 1. The van der Waals surface area contributed by atoms with E-state index >= 15 is 0 Å². The van der Waals surface area contributed by atoms with Gasteiger partial charge in [0.15, 0.2) is 0 Å². The van der Waals surface area contributed by atoms with E-state index in [1.54, 1.807) is 52.1 Å². The number of halogens is 3. The van der Waals surface area contributed by atoms with E-state index in [1.165, 1.54) is 6.07 Å². The normalized spacial score (nSPS) is 17.8. The lowest BCUT2D eigenvalue weighted by atomic mass is 9.91. The van der Waals surface area contributed by atoms with Crippen LogP contribution in [0.3, 0.4) is 0 Å². The van der Waals surface area contributed by atoms with E-state index in [1.807, 2.05) is 13.8 Å². The minimum absolute atomic E-state index is 0.109. The smallest absolute Gasteiger partial charge is 0.419 e. The molecule has 2 aromatic rings. The molecule has 1 aromatic carbocycles. The van der Waals surface area contributed by atoms with Gasteiger partial charge < -0.3 is 24.8 Å². The highest BCUT2D eigenvalue weighted by molar-refractivity contribution is 5.69. The number of hydrogen-bond donors (Lipinski definition) is 2. The van der Waals surface area contributed by atoms with E-state index in [0.717, 1.165) is 25.5 Å². The van der Waals surface area contributed by atoms with Crippen molar-refractivity contribution in [1.82, 2.24) is 10.3 Å². The topological polar surface area (TPSA) is 81.7 Å². The first-order valence-electron chi connectivity index (χ1n) is 13.3. The molecule has 216 valence electrons. The molecule has 0 radical (unpaired) electrons. The van der Waals surface area contributed by atoms with Gasteiger partial charge in [-0.15, -0.1) is 0 Å². The van der Waals surface area contributed by atoms with E-state index in [4.69, 9.17) is 14.2 Å². The van der Waals surface area contributed by atoms with Gasteiger partial charge in [0.1, 0.15) is 23.8 Å². The van der Waals surface area contributed by atoms with Crippen molar-refractivity contribution >= 4 is 11.9 Å². The molecule has 1 aliphatic rings. The fourth-order valence-electron chi connectivity index (χ4n) is 4.64. The number of rotatable bonds is 9. The molecule has 2 atom stereocenters. The molecule has 3 rings (SSSR count). The van der Waals surface area contributed by atoms with Crippen LogP contribution in [0.1, 0.15) is 66.4 Å². The molecule has 0 aliphatic carbocycles. The van der Waals surface area contributed by atoms with Gasteiger partial charge in [-0.25, -0.2) is 9.78 Å². The fourth-order valence-corrected chi connectivity index (χ4v) is 4.64. The second-order valence-corrected chi connectivity index (χ2v) is 11.8. The first-order chi connectivity index (χ1) is 18.1. The van der Waals surface area contributed by atoms with Crippen LogP contribution in [0.15, 0.2) is 36.5 Å². The van der Waals surface area contributed by atoms with E-state index in [-0.39, 0.29) is 24.3 Å². The van der Waals surface area contributed by atoms with Gasteiger partial charge in [0.25, 0.3) is 0 Å². The molecule has 7 nitrogen and oxygen atoms in total. The molecule has 39 heavy (non-hydrogen) atoms. The fraction of sp³-hybridized carbons (Fsp3) is 0.586. The summed E-state index contributed by atoms with van der Waals surface area (Å²) in [5.41, 5.74) is -1.58. The number of nitrogens with zero attached hydrogens (tertiary/aromatic N) is 1. The van der Waals surface area contributed by atoms with Gasteiger partial charge in [0, 0.05) is 12.8 Å². The van der Waals surface area contributed by atoms with Crippen LogP contribution in [0, 0.1) is 5.92 Å². The Labute approximate surface area is 228 Å². The summed E-state index contributed by atoms with van der Waals surface area (Å²) < 4.78 is 59.0. The number of benzene rings is 1. The monoisotopic (exact) mass is 551 g/mol. The maximum absolute atomic E-state index is 14.1. The minimum Gasteiger partial charge on any atom is -0.491 e. The van der Waals surface area contributed by atoms with Crippen molar-refractivity contribution < 1.29 is 32.2 Å². The highest BCUT2D eigenvalue weighted by atomic mass is 19.4. The quantitative estimate of drug-likeness (QED) is 0.347. The average Bonchev–Trinajstić information content (AvgIpc) is 2.81. The van der Waals surface area contributed by atoms with Crippen molar-refractivity contribution in [3.05, 3.63) is 42.1 Å². The summed E-state index contributed by atoms with van der Waals surface area (Å²) in [7, 11) is 0. The molecular weight excluding hydrogens is 511 g/mol. The third kappa shape index (κ3) is 9.60. The lowest BCUT2D eigenvalue weighted by molar-refractivity contribution is -0.139. The van der Waals surface area contributed by atoms with Crippen molar-refractivity contribution in [3.63, 3.8) is 0 Å². The number of carbonyl (C=O) groups is 1. The van der Waals surface area contributed by atoms with E-state index in [2.05, 4.69) is 15.6 Å². The van der Waals surface area contributed by atoms with Crippen LogP contribution in [0.5, 0.6) is 5.75 Å². The molecule has 1 saturated heterocycles. The Bertz CT molecular complexity index is 1110. The standard InChI is InChI=1S/C29H40F3N3O4/c1-19(2)16-28(6,35-26(36)39-27(3,4)5)18-38-24-10-9-20(14-23(24)29(30,31)32)21-11-12-33-25(15-21)34-22-8-7-13-37-17-22/h9-12,14-15,19,22H,7-8,13,16-18H2,1-6H3,(H,33,34)(H,35,36). The van der Waals surface area contributed by atoms with Gasteiger partial charge in [-0.2, -0.15) is 13.2 Å². The summed E-state index contributed by atoms with van der Waals surface area (Å²) >= 11 is 0. The Hall–Kier alpha value is -3.01. The van der Waals surface area contributed by atoms with Gasteiger partial charge in [0.05, 0.1) is 23.8 Å². The van der Waals surface area contributed by atoms with Crippen LogP contribution >= 0.6 is 0 Å². The van der Waals surface area contributed by atoms with Crippen molar-refractivity contribution in [2.24, 2.45) is 5.92 Å². The third-order valence-corrected chi connectivity index (χ3v) is 6.10. The molecular formula is C29H40F3N3O4. The highest BCUT2D eigenvalue weighted by Gasteiger charge is 2.36. The molecule has 10 heteroatoms. The van der Waals surface area contributed by atoms with Gasteiger partial charge in [0.2, 0.25) is 0 Å². The van der Waals surface area contributed by atoms with Crippen LogP contribution in [-0.4, -0.2) is 48.1 Å². The Balaban J connectivity index is 1.82. The third-order valence-electron chi connectivity index (χ3n) is 6.10. The number of alkyl carbamates (subject to hydrolysis) is 1. The summed E-state index contributed by atoms with van der Waals surface area (Å²) in [5, 5.41) is 6.10. The van der Waals surface area contributed by atoms with E-state index < -0.39 is 29.0 Å². The molecule has 1 aliphatic heterocycles. The first-order valence-corrected chi connectivity index (χ1v) is 13.3. The maximum atomic E-state index is 14.1. The van der Waals surface area contributed by atoms with Crippen molar-refractivity contribution in [2.45, 2.75) is 84.2 Å². The molecule has 0 saturated carbocycles. The number of ether oxygens (including phenoxy) is 3. The van der Waals surface area contributed by atoms with Crippen molar-refractivity contribution in [2.75, 3.05) is 25.1 Å². The zero-order valence-electron chi connectivity index (χ0n) is 23.6. The van der Waals surface area contributed by atoms with Crippen LogP contribution in [0.4, 0.5) is 23.8 Å². The summed E-state index contributed by atoms with van der Waals surface area (Å²) in [6, 6.07) is 7.51. The lowest BCUT2D eigenvalue weighted by Gasteiger charge is -2.33. The van der Waals surface area contributed by atoms with E-state index in [9.17, 15) is 18.0 Å². The van der Waals surface area contributed by atoms with Crippen LogP contribution in [-0.2, 0) is 15.7 Å². The van der Waals surface area contributed by atoms with Gasteiger partial charge >= 0.3 is 12.3 Å². The maximum Gasteiger partial charge on any atom is 0.419 e. The Morgan fingerprint density at radius 3 is 2.46 bits per heavy atom. The molecule has 0 bridgehead atoms. The number of hydrogen-bond acceptors (Lipinski definition) is 6. The van der Waals surface area contributed by atoms with Gasteiger partial charge in [-0.3, -0.25) is 0 Å². The van der Waals surface area contributed by atoms with Gasteiger partial charge in [-0.1, -0.05) is 19.9 Å². The Kier molecular flexibility index (Phi) is 9.74. The zero-order chi connectivity index (χ0) is 28.8. The SMILES string of the molecule is CC(C)CC(C)(COc1ccc(-c2ccnc(NC3CCCOC3)c2)cc1C(F)(F)F)NC(=O)OC(C)(C)C. The average molecular weight is 552 g/mol. The molecule has 2 unspecified atom stereocenters. The van der Waals surface area contributed by atoms with E-state index in [0.29, 0.717) is 30.0 Å². The molecule has 0 spiro atoms. The zero-order valence-corrected chi connectivity index (χ0v) is 23.6. The van der Waals surface area contributed by atoms with Crippen molar-refractivity contribution in [1.29, 1.82) is 0 Å². The molecule has 1 amide bonds. The Morgan fingerprint density at radius 2 is 1.85 bits per heavy atom. The molecule has 2 N–H and O–H groups in total. The minimum atomic E-state index is -4.65. The number of nitrogens with one attached hydrogen (secondary N) is 2. The predicted octanol–water partition coefficient (Wildman–Crippen LogP) is 7.07.